The Morgan fingerprint density at radius 3 is 1.39 bits per heavy atom. The van der Waals surface area contributed by atoms with Gasteiger partial charge in [-0.25, -0.2) is 19.9 Å². The lowest BCUT2D eigenvalue weighted by Gasteiger charge is -2.11. The highest BCUT2D eigenvalue weighted by molar-refractivity contribution is 7.99. The van der Waals surface area contributed by atoms with E-state index in [0.717, 1.165) is 129 Å². The molecule has 492 valence electrons. The number of fused-ring (bicyclic) bond motifs is 4. The van der Waals surface area contributed by atoms with Gasteiger partial charge < -0.3 is 57.7 Å². The van der Waals surface area contributed by atoms with E-state index in [2.05, 4.69) is 81.2 Å². The molecule has 0 fully saturated rings. The Labute approximate surface area is 564 Å². The predicted molar refractivity (Wildman–Crippen MR) is 373 cm³/mol. The molecule has 0 unspecified atom stereocenters. The number of imidazole rings is 4. The summed E-state index contributed by atoms with van der Waals surface area (Å²) in [5, 5.41) is 3.35. The molecule has 0 aliphatic heterocycles. The normalized spacial score (nSPS) is 11.1. The minimum atomic E-state index is -2.86. The van der Waals surface area contributed by atoms with Gasteiger partial charge in [0, 0.05) is 115 Å². The van der Waals surface area contributed by atoms with Gasteiger partial charge in [0.05, 0.1) is 101 Å². The molecule has 0 saturated carbocycles. The van der Waals surface area contributed by atoms with Gasteiger partial charge >= 0.3 is 6.61 Å². The molecule has 0 bridgehead atoms. The number of ether oxygens (including phenoxy) is 7. The van der Waals surface area contributed by atoms with Crippen molar-refractivity contribution >= 4 is 91.2 Å². The topological polar surface area (TPSA) is 236 Å². The molecule has 0 aliphatic carbocycles. The number of nitrogens with one attached hydrogen (secondary N) is 4. The summed E-state index contributed by atoms with van der Waals surface area (Å²) in [5.41, 5.74) is 15.5. The van der Waals surface area contributed by atoms with Crippen LogP contribution in [0.25, 0.3) is 49.8 Å². The number of hydrogen-bond donors (Lipinski definition) is 4. The number of halogens is 2. The fourth-order valence-corrected chi connectivity index (χ4v) is 13.2. The number of methoxy groups -OCH3 is 4. The number of pyridine rings is 4. The number of para-hydroxylation sites is 4. The number of aromatic amines is 4. The largest absolute Gasteiger partial charge is 0.496 e. The summed E-state index contributed by atoms with van der Waals surface area (Å²) in [6, 6.07) is 38.3. The molecule has 13 aromatic rings. The van der Waals surface area contributed by atoms with Crippen LogP contribution in [0.4, 0.5) is 8.78 Å². The Hall–Kier alpha value is -9.34. The first-order valence-electron chi connectivity index (χ1n) is 30.1. The van der Waals surface area contributed by atoms with Crippen molar-refractivity contribution in [2.24, 2.45) is 0 Å². The van der Waals surface area contributed by atoms with Gasteiger partial charge in [-0.05, 0) is 113 Å². The first kappa shape index (κ1) is 68.5. The second-order valence-corrected chi connectivity index (χ2v) is 24.5. The highest BCUT2D eigenvalue weighted by Gasteiger charge is 2.16. The third-order valence-electron chi connectivity index (χ3n) is 14.5. The van der Waals surface area contributed by atoms with Crippen molar-refractivity contribution in [3.63, 3.8) is 0 Å². The maximum atomic E-state index is 12.3. The average Bonchev–Trinajstić information content (AvgIpc) is 1.96. The van der Waals surface area contributed by atoms with Crippen molar-refractivity contribution in [2.45, 2.75) is 84.4 Å². The Kier molecular flexibility index (Phi) is 24.7. The number of alkyl halides is 2. The lowest BCUT2D eigenvalue weighted by atomic mass is 10.2. The Bertz CT molecular complexity index is 4520. The minimum absolute atomic E-state index is 0.0823. The second-order valence-electron chi connectivity index (χ2n) is 20.7. The van der Waals surface area contributed by atoms with Gasteiger partial charge in [0.2, 0.25) is 0 Å². The fraction of sp³-hybridized carbons (Fsp3) is 0.246. The Morgan fingerprint density at radius 2 is 0.895 bits per heavy atom. The maximum Gasteiger partial charge on any atom is 0.387 e. The van der Waals surface area contributed by atoms with Crippen molar-refractivity contribution in [2.75, 3.05) is 48.3 Å². The van der Waals surface area contributed by atoms with E-state index < -0.39 is 6.61 Å². The summed E-state index contributed by atoms with van der Waals surface area (Å²) in [7, 11) is 6.50. The molecule has 9 heterocycles. The third kappa shape index (κ3) is 18.5. The van der Waals surface area contributed by atoms with E-state index in [1.807, 2.05) is 125 Å². The lowest BCUT2D eigenvalue weighted by molar-refractivity contribution is -0.0497. The van der Waals surface area contributed by atoms with Crippen LogP contribution < -0.4 is 28.4 Å². The number of benzene rings is 4. The van der Waals surface area contributed by atoms with E-state index in [9.17, 15) is 8.78 Å². The number of nitrogens with zero attached hydrogens (tertiary/aromatic N) is 9. The van der Waals surface area contributed by atoms with E-state index in [-0.39, 0.29) is 5.75 Å². The van der Waals surface area contributed by atoms with Crippen LogP contribution in [0.1, 0.15) is 52.8 Å². The highest BCUT2D eigenvalue weighted by atomic mass is 32.2. The van der Waals surface area contributed by atoms with Gasteiger partial charge in [-0.15, -0.1) is 0 Å². The van der Waals surface area contributed by atoms with Crippen LogP contribution in [-0.2, 0) is 27.7 Å². The molecule has 0 spiro atoms. The molecule has 95 heavy (non-hydrogen) atoms. The summed E-state index contributed by atoms with van der Waals surface area (Å²) in [4.78, 5) is 49.0. The summed E-state index contributed by atoms with van der Waals surface area (Å²) in [6.07, 6.45) is 12.0. The number of thioether (sulfide) groups is 4. The van der Waals surface area contributed by atoms with Gasteiger partial charge in [0.1, 0.15) is 23.0 Å². The van der Waals surface area contributed by atoms with Crippen LogP contribution in [0.5, 0.6) is 34.5 Å². The number of H-pyrrole nitrogens is 4. The monoisotopic (exact) mass is 1360 g/mol. The van der Waals surface area contributed by atoms with Gasteiger partial charge in [-0.2, -0.15) is 8.78 Å². The molecule has 4 N–H and O–H groups in total. The zero-order chi connectivity index (χ0) is 66.5. The van der Waals surface area contributed by atoms with Crippen LogP contribution in [-0.4, -0.2) is 119 Å². The lowest BCUT2D eigenvalue weighted by Crippen LogP contribution is -2.04. The van der Waals surface area contributed by atoms with Crippen LogP contribution in [0.2, 0.25) is 0 Å². The number of aromatic nitrogens is 13. The van der Waals surface area contributed by atoms with Crippen molar-refractivity contribution in [1.82, 2.24) is 64.4 Å². The van der Waals surface area contributed by atoms with Gasteiger partial charge in [-0.3, -0.25) is 19.9 Å². The third-order valence-corrected chi connectivity index (χ3v) is 18.1. The van der Waals surface area contributed by atoms with Crippen molar-refractivity contribution in [1.29, 1.82) is 0 Å². The molecule has 20 nitrogen and oxygen atoms in total. The van der Waals surface area contributed by atoms with Crippen molar-refractivity contribution in [3.8, 4) is 40.2 Å². The molecule has 0 amide bonds. The fourth-order valence-electron chi connectivity index (χ4n) is 9.60. The second kappa shape index (κ2) is 34.2. The summed E-state index contributed by atoms with van der Waals surface area (Å²) < 4.78 is 63.5. The summed E-state index contributed by atoms with van der Waals surface area (Å²) in [5.74, 6) is 6.69. The molecule has 0 saturated heterocycles. The number of hydrogen-bond acceptors (Lipinski definition) is 19. The molecule has 0 radical (unpaired) electrons. The Morgan fingerprint density at radius 1 is 0.453 bits per heavy atom. The predicted octanol–water partition coefficient (Wildman–Crippen LogP) is 16.2. The summed E-state index contributed by atoms with van der Waals surface area (Å²) in [6.45, 7) is 7.28. The average molecular weight is 1360 g/mol. The van der Waals surface area contributed by atoms with E-state index in [4.69, 9.17) is 28.4 Å². The molecule has 13 rings (SSSR count). The molecule has 0 atom stereocenters. The summed E-state index contributed by atoms with van der Waals surface area (Å²) >= 11 is 6.36. The van der Waals surface area contributed by atoms with Crippen LogP contribution in [0.15, 0.2) is 179 Å². The van der Waals surface area contributed by atoms with E-state index in [1.54, 1.807) is 101 Å². The SMILES string of the molecule is CCOc1ccnc(CSc2nc3ccccc3[nH]2)c1C.COCCCOc1ccnc(CSc2nc3ccccc3[nH]2)c1C.COc1ccnc(CSc2nc3ccc(-n4cccc4)cc3[nH]2)c1C.COc1ccnc(CSc2nc3ccc(OC(F)F)cc3[nH]2)c1OC. The quantitative estimate of drug-likeness (QED) is 0.0307. The van der Waals surface area contributed by atoms with Gasteiger partial charge in [0.15, 0.2) is 32.1 Å². The smallest absolute Gasteiger partial charge is 0.387 e. The number of rotatable bonds is 25. The molecule has 26 heteroatoms. The van der Waals surface area contributed by atoms with Gasteiger partial charge in [0.25, 0.3) is 0 Å². The van der Waals surface area contributed by atoms with Crippen LogP contribution >= 0.6 is 47.0 Å². The molecular formula is C69H71F2N13O7S4. The van der Waals surface area contributed by atoms with Crippen LogP contribution in [0.3, 0.4) is 0 Å². The van der Waals surface area contributed by atoms with Crippen LogP contribution in [0, 0.1) is 20.8 Å². The minimum Gasteiger partial charge on any atom is -0.496 e. The zero-order valence-corrected chi connectivity index (χ0v) is 56.8. The van der Waals surface area contributed by atoms with Crippen molar-refractivity contribution in [3.05, 3.63) is 198 Å². The first-order valence-corrected chi connectivity index (χ1v) is 34.0. The standard InChI is InChI=1S/C19H18N4OS.C18H21N3O2S.C16H15F2N3O3S.C16H17N3OS/c1-13-17(20-8-7-18(13)24-2)12-25-19-21-15-6-5-14(11-16(15)22-19)23-9-3-4-10-23;1-13-16(19-9-8-17(13)23-11-5-10-22-2)12-24-18-20-14-6-3-4-7-15(14)21-18;1-22-13-5-6-19-12(14(13)23-2)8-25-16-20-10-4-3-9(24-15(17)18)7-11(10)21-16;1-3-20-15-8-9-17-14(11(15)2)10-21-16-18-12-6-4-5-7-13(12)19-16/h3-11H,12H2,1-2H3,(H,21,22);3-4,6-9H,5,10-12H2,1-2H3,(H,20,21);3-7,15H,8H2,1-2H3,(H,20,21);4-9H,3,10H2,1-2H3,(H,18,19). The molecular weight excluding hydrogens is 1290 g/mol. The zero-order valence-electron chi connectivity index (χ0n) is 53.5. The van der Waals surface area contributed by atoms with E-state index in [1.165, 1.54) is 23.9 Å². The first-order chi connectivity index (χ1) is 46.4. The molecule has 0 aliphatic rings. The Balaban J connectivity index is 0.000000138. The van der Waals surface area contributed by atoms with E-state index in [0.29, 0.717) is 59.0 Å². The molecule has 4 aromatic carbocycles. The maximum absolute atomic E-state index is 12.3. The van der Waals surface area contributed by atoms with Crippen molar-refractivity contribution < 1.29 is 41.9 Å². The molecule has 9 aromatic heterocycles. The highest BCUT2D eigenvalue weighted by Crippen LogP contribution is 2.35. The van der Waals surface area contributed by atoms with E-state index >= 15 is 0 Å². The van der Waals surface area contributed by atoms with Gasteiger partial charge in [-0.1, -0.05) is 71.3 Å².